The molecule has 0 spiro atoms. The van der Waals surface area contributed by atoms with E-state index in [4.69, 9.17) is 0 Å². The van der Waals surface area contributed by atoms with Crippen molar-refractivity contribution in [2.75, 3.05) is 0 Å². The molecule has 0 saturated carbocycles. The maximum atomic E-state index is 4.10. The topological polar surface area (TPSA) is 0 Å². The zero-order chi connectivity index (χ0) is 5.86. The number of hydrogen-bond donors (Lipinski definition) is 1. The summed E-state index contributed by atoms with van der Waals surface area (Å²) in [5, 5.41) is 0. The second-order valence-corrected chi connectivity index (χ2v) is 2.76. The predicted octanol–water partition coefficient (Wildman–Crippen LogP) is 2.48. The van der Waals surface area contributed by atoms with E-state index in [1.807, 2.05) is 6.92 Å². The SMILES string of the molecule is CC(S)=CC(C)C. The number of thiol groups is 1. The summed E-state index contributed by atoms with van der Waals surface area (Å²) in [7, 11) is 0. The van der Waals surface area contributed by atoms with Gasteiger partial charge in [0.2, 0.25) is 0 Å². The van der Waals surface area contributed by atoms with Crippen LogP contribution < -0.4 is 0 Å². The minimum Gasteiger partial charge on any atom is -0.149 e. The van der Waals surface area contributed by atoms with Crippen molar-refractivity contribution in [3.8, 4) is 0 Å². The fourth-order valence-electron chi connectivity index (χ4n) is 0.482. The Labute approximate surface area is 51.0 Å². The average molecular weight is 116 g/mol. The number of allylic oxidation sites excluding steroid dienone is 2. The van der Waals surface area contributed by atoms with E-state index in [-0.39, 0.29) is 0 Å². The molecule has 0 aliphatic heterocycles. The third kappa shape index (κ3) is 6.09. The lowest BCUT2D eigenvalue weighted by Crippen LogP contribution is -1.76. The third-order valence-corrected chi connectivity index (χ3v) is 0.724. The molecule has 0 amide bonds. The van der Waals surface area contributed by atoms with Crippen molar-refractivity contribution < 1.29 is 0 Å². The molecule has 7 heavy (non-hydrogen) atoms. The molecule has 0 N–H and O–H groups in total. The molecule has 0 aromatic rings. The van der Waals surface area contributed by atoms with Gasteiger partial charge in [-0.2, -0.15) is 0 Å². The van der Waals surface area contributed by atoms with Crippen LogP contribution >= 0.6 is 12.6 Å². The molecule has 0 aliphatic rings. The first-order valence-corrected chi connectivity index (χ1v) is 2.95. The molecular weight excluding hydrogens is 104 g/mol. The Morgan fingerprint density at radius 2 is 2.00 bits per heavy atom. The molecule has 0 aromatic carbocycles. The van der Waals surface area contributed by atoms with Crippen LogP contribution in [0.25, 0.3) is 0 Å². The fraction of sp³-hybridized carbons (Fsp3) is 0.667. The smallest absolute Gasteiger partial charge is 0.0253 e. The van der Waals surface area contributed by atoms with Gasteiger partial charge in [-0.05, 0) is 17.7 Å². The van der Waals surface area contributed by atoms with Gasteiger partial charge >= 0.3 is 0 Å². The minimum atomic E-state index is 0.637. The molecule has 0 nitrogen and oxygen atoms in total. The van der Waals surface area contributed by atoms with E-state index in [2.05, 4.69) is 32.6 Å². The van der Waals surface area contributed by atoms with Gasteiger partial charge in [-0.3, -0.25) is 0 Å². The van der Waals surface area contributed by atoms with Crippen LogP contribution in [-0.4, -0.2) is 0 Å². The molecule has 0 aliphatic carbocycles. The Hall–Kier alpha value is 0.0900. The summed E-state index contributed by atoms with van der Waals surface area (Å²) in [6, 6.07) is 0. The Balaban J connectivity index is 3.45. The molecule has 0 atom stereocenters. The van der Waals surface area contributed by atoms with Gasteiger partial charge in [0.15, 0.2) is 0 Å². The zero-order valence-electron chi connectivity index (χ0n) is 5.10. The molecule has 0 aromatic heterocycles. The molecule has 0 saturated heterocycles. The second kappa shape index (κ2) is 3.14. The van der Waals surface area contributed by atoms with Gasteiger partial charge in [0.1, 0.15) is 0 Å². The van der Waals surface area contributed by atoms with E-state index in [0.29, 0.717) is 5.92 Å². The first-order chi connectivity index (χ1) is 3.13. The van der Waals surface area contributed by atoms with Crippen molar-refractivity contribution in [1.82, 2.24) is 0 Å². The van der Waals surface area contributed by atoms with Crippen LogP contribution in [0.15, 0.2) is 11.0 Å². The summed E-state index contributed by atoms with van der Waals surface area (Å²) in [6.45, 7) is 6.27. The van der Waals surface area contributed by atoms with Crippen LogP contribution in [0, 0.1) is 5.92 Å². The Morgan fingerprint density at radius 1 is 1.57 bits per heavy atom. The van der Waals surface area contributed by atoms with Gasteiger partial charge < -0.3 is 0 Å². The quantitative estimate of drug-likeness (QED) is 0.500. The third-order valence-electron chi connectivity index (χ3n) is 0.575. The Morgan fingerprint density at radius 3 is 2.00 bits per heavy atom. The summed E-state index contributed by atoms with van der Waals surface area (Å²) >= 11 is 4.10. The van der Waals surface area contributed by atoms with Crippen LogP contribution in [0.5, 0.6) is 0 Å². The van der Waals surface area contributed by atoms with Crippen molar-refractivity contribution in [1.29, 1.82) is 0 Å². The largest absolute Gasteiger partial charge is 0.149 e. The van der Waals surface area contributed by atoms with Gasteiger partial charge in [0.05, 0.1) is 0 Å². The van der Waals surface area contributed by atoms with E-state index in [1.54, 1.807) is 0 Å². The molecule has 0 unspecified atom stereocenters. The molecule has 0 radical (unpaired) electrons. The van der Waals surface area contributed by atoms with Crippen molar-refractivity contribution >= 4 is 12.6 Å². The van der Waals surface area contributed by atoms with Gasteiger partial charge in [-0.1, -0.05) is 19.9 Å². The van der Waals surface area contributed by atoms with Crippen LogP contribution in [0.4, 0.5) is 0 Å². The first-order valence-electron chi connectivity index (χ1n) is 2.50. The van der Waals surface area contributed by atoms with Crippen LogP contribution in [0.1, 0.15) is 20.8 Å². The van der Waals surface area contributed by atoms with Gasteiger partial charge in [-0.15, -0.1) is 12.6 Å². The second-order valence-electron chi connectivity index (χ2n) is 2.05. The van der Waals surface area contributed by atoms with E-state index in [9.17, 15) is 0 Å². The maximum Gasteiger partial charge on any atom is -0.0253 e. The summed E-state index contributed by atoms with van der Waals surface area (Å²) < 4.78 is 0. The zero-order valence-corrected chi connectivity index (χ0v) is 6.00. The monoisotopic (exact) mass is 116 g/mol. The molecule has 0 heterocycles. The molecule has 0 rings (SSSR count). The highest BCUT2D eigenvalue weighted by Gasteiger charge is 1.83. The highest BCUT2D eigenvalue weighted by atomic mass is 32.1. The van der Waals surface area contributed by atoms with Crippen molar-refractivity contribution in [2.45, 2.75) is 20.8 Å². The number of hydrogen-bond acceptors (Lipinski definition) is 1. The van der Waals surface area contributed by atoms with E-state index in [0.717, 1.165) is 4.91 Å². The lowest BCUT2D eigenvalue weighted by molar-refractivity contribution is 0.828. The molecule has 0 fully saturated rings. The summed E-state index contributed by atoms with van der Waals surface area (Å²) in [5.74, 6) is 0.637. The van der Waals surface area contributed by atoms with Gasteiger partial charge in [-0.25, -0.2) is 0 Å². The minimum absolute atomic E-state index is 0.637. The summed E-state index contributed by atoms with van der Waals surface area (Å²) in [4.78, 5) is 1.11. The lowest BCUT2D eigenvalue weighted by atomic mass is 10.2. The van der Waals surface area contributed by atoms with Gasteiger partial charge in [0, 0.05) is 0 Å². The van der Waals surface area contributed by atoms with Crippen molar-refractivity contribution in [2.24, 2.45) is 5.92 Å². The molecule has 1 heteroatoms. The Bertz CT molecular complexity index is 68.2. The van der Waals surface area contributed by atoms with Crippen LogP contribution in [0.2, 0.25) is 0 Å². The average Bonchev–Trinajstić information content (AvgIpc) is 1.27. The van der Waals surface area contributed by atoms with Crippen molar-refractivity contribution in [3.05, 3.63) is 11.0 Å². The highest BCUT2D eigenvalue weighted by Crippen LogP contribution is 2.03. The van der Waals surface area contributed by atoms with Gasteiger partial charge in [0.25, 0.3) is 0 Å². The van der Waals surface area contributed by atoms with Crippen molar-refractivity contribution in [3.63, 3.8) is 0 Å². The fourth-order valence-corrected chi connectivity index (χ4v) is 0.781. The maximum absolute atomic E-state index is 4.10. The standard InChI is InChI=1S/C6H12S/c1-5(2)4-6(3)7/h4-5,7H,1-3H3. The van der Waals surface area contributed by atoms with Crippen LogP contribution in [-0.2, 0) is 0 Å². The molecule has 42 valence electrons. The Kier molecular flexibility index (Phi) is 3.18. The predicted molar refractivity (Wildman–Crippen MR) is 37.6 cm³/mol. The normalized spacial score (nSPS) is 13.0. The van der Waals surface area contributed by atoms with E-state index < -0.39 is 0 Å². The lowest BCUT2D eigenvalue weighted by Gasteiger charge is -1.92. The van der Waals surface area contributed by atoms with E-state index in [1.165, 1.54) is 0 Å². The summed E-state index contributed by atoms with van der Waals surface area (Å²) in [5.41, 5.74) is 0. The molecule has 0 bridgehead atoms. The first kappa shape index (κ1) is 7.09. The van der Waals surface area contributed by atoms with E-state index >= 15 is 0 Å². The number of rotatable bonds is 1. The highest BCUT2D eigenvalue weighted by molar-refractivity contribution is 7.84. The van der Waals surface area contributed by atoms with Crippen LogP contribution in [0.3, 0.4) is 0 Å². The summed E-state index contributed by atoms with van der Waals surface area (Å²) in [6.07, 6.45) is 2.11. The molecular formula is C6H12S.